The van der Waals surface area contributed by atoms with Crippen molar-refractivity contribution in [1.82, 2.24) is 14.8 Å². The molecule has 162 valence electrons. The minimum atomic E-state index is -0.731. The first kappa shape index (κ1) is 22.7. The molecule has 0 aliphatic rings. The van der Waals surface area contributed by atoms with Gasteiger partial charge in [-0.25, -0.2) is 4.39 Å². The standard InChI is InChI=1S/C23H24FN3O3S/c1-3-13-27-22(17-5-9-18(24)10-6-17)25-26-23(27)31-15-19(28)14-30-20-11-7-16(8-12-20)21(29)4-2/h3,5-12,19,28H,1,4,13-15H2,2H3/t19-/m1/s1. The van der Waals surface area contributed by atoms with Crippen LogP contribution in [0.25, 0.3) is 11.4 Å². The lowest BCUT2D eigenvalue weighted by molar-refractivity contribution is 0.0987. The highest BCUT2D eigenvalue weighted by molar-refractivity contribution is 7.99. The van der Waals surface area contributed by atoms with Crippen molar-refractivity contribution in [3.8, 4) is 17.1 Å². The van der Waals surface area contributed by atoms with E-state index in [-0.39, 0.29) is 18.2 Å². The molecule has 0 fully saturated rings. The van der Waals surface area contributed by atoms with Gasteiger partial charge in [0.15, 0.2) is 16.8 Å². The zero-order valence-corrected chi connectivity index (χ0v) is 18.0. The van der Waals surface area contributed by atoms with Gasteiger partial charge in [-0.2, -0.15) is 0 Å². The highest BCUT2D eigenvalue weighted by atomic mass is 32.2. The first-order valence-corrected chi connectivity index (χ1v) is 10.9. The van der Waals surface area contributed by atoms with Gasteiger partial charge in [0.25, 0.3) is 0 Å². The summed E-state index contributed by atoms with van der Waals surface area (Å²) in [5.41, 5.74) is 1.39. The normalized spacial score (nSPS) is 11.8. The van der Waals surface area contributed by atoms with Gasteiger partial charge in [0.2, 0.25) is 0 Å². The van der Waals surface area contributed by atoms with Gasteiger partial charge >= 0.3 is 0 Å². The number of ether oxygens (including phenoxy) is 1. The molecule has 0 aliphatic heterocycles. The molecule has 0 bridgehead atoms. The molecule has 0 spiro atoms. The Morgan fingerprint density at radius 1 is 1.23 bits per heavy atom. The fraction of sp³-hybridized carbons (Fsp3) is 0.261. The smallest absolute Gasteiger partial charge is 0.191 e. The van der Waals surface area contributed by atoms with Crippen LogP contribution in [0.2, 0.25) is 0 Å². The third-order valence-corrected chi connectivity index (χ3v) is 5.59. The number of aliphatic hydroxyl groups is 1. The Morgan fingerprint density at radius 2 is 1.94 bits per heavy atom. The van der Waals surface area contributed by atoms with Crippen LogP contribution < -0.4 is 4.74 Å². The number of ketones is 1. The molecule has 8 heteroatoms. The minimum Gasteiger partial charge on any atom is -0.491 e. The molecule has 0 saturated heterocycles. The molecule has 0 amide bonds. The van der Waals surface area contributed by atoms with Gasteiger partial charge in [-0.05, 0) is 48.5 Å². The van der Waals surface area contributed by atoms with Gasteiger partial charge < -0.3 is 9.84 Å². The maximum Gasteiger partial charge on any atom is 0.191 e. The molecule has 1 N–H and O–H groups in total. The van der Waals surface area contributed by atoms with Crippen molar-refractivity contribution < 1.29 is 19.0 Å². The lowest BCUT2D eigenvalue weighted by Gasteiger charge is -2.13. The Morgan fingerprint density at radius 3 is 2.58 bits per heavy atom. The van der Waals surface area contributed by atoms with Crippen LogP contribution in [0.5, 0.6) is 5.75 Å². The van der Waals surface area contributed by atoms with Crippen LogP contribution in [0, 0.1) is 5.82 Å². The van der Waals surface area contributed by atoms with E-state index in [0.29, 0.717) is 41.0 Å². The summed E-state index contributed by atoms with van der Waals surface area (Å²) in [6.45, 7) is 6.18. The van der Waals surface area contributed by atoms with Gasteiger partial charge in [0.1, 0.15) is 18.2 Å². The van der Waals surface area contributed by atoms with E-state index in [9.17, 15) is 14.3 Å². The second-order valence-electron chi connectivity index (χ2n) is 6.79. The first-order chi connectivity index (χ1) is 15.0. The summed E-state index contributed by atoms with van der Waals surface area (Å²) in [6, 6.07) is 12.9. The molecule has 2 aromatic carbocycles. The Labute approximate surface area is 184 Å². The summed E-state index contributed by atoms with van der Waals surface area (Å²) in [5, 5.41) is 19.4. The van der Waals surface area contributed by atoms with Crippen molar-refractivity contribution in [1.29, 1.82) is 0 Å². The van der Waals surface area contributed by atoms with Gasteiger partial charge in [-0.1, -0.05) is 24.8 Å². The maximum absolute atomic E-state index is 13.2. The molecule has 0 radical (unpaired) electrons. The second kappa shape index (κ2) is 10.9. The van der Waals surface area contributed by atoms with Crippen molar-refractivity contribution in [3.05, 3.63) is 72.6 Å². The number of nitrogens with zero attached hydrogens (tertiary/aromatic N) is 3. The van der Waals surface area contributed by atoms with Gasteiger partial charge in [-0.3, -0.25) is 9.36 Å². The van der Waals surface area contributed by atoms with Crippen molar-refractivity contribution >= 4 is 17.5 Å². The highest BCUT2D eigenvalue weighted by Crippen LogP contribution is 2.25. The fourth-order valence-electron chi connectivity index (χ4n) is 2.85. The summed E-state index contributed by atoms with van der Waals surface area (Å²) in [7, 11) is 0. The van der Waals surface area contributed by atoms with Crippen LogP contribution in [-0.2, 0) is 6.54 Å². The van der Waals surface area contributed by atoms with Crippen LogP contribution in [0.3, 0.4) is 0 Å². The molecular weight excluding hydrogens is 417 g/mol. The molecule has 1 heterocycles. The van der Waals surface area contributed by atoms with E-state index in [1.165, 1.54) is 23.9 Å². The molecule has 3 rings (SSSR count). The van der Waals surface area contributed by atoms with E-state index in [0.717, 1.165) is 5.56 Å². The molecule has 31 heavy (non-hydrogen) atoms. The largest absolute Gasteiger partial charge is 0.491 e. The summed E-state index contributed by atoms with van der Waals surface area (Å²) in [4.78, 5) is 11.7. The minimum absolute atomic E-state index is 0.0756. The highest BCUT2D eigenvalue weighted by Gasteiger charge is 2.16. The molecular formula is C23H24FN3O3S. The number of aromatic nitrogens is 3. The van der Waals surface area contributed by atoms with E-state index in [4.69, 9.17) is 4.74 Å². The Hall–Kier alpha value is -2.97. The van der Waals surface area contributed by atoms with Gasteiger partial charge in [-0.15, -0.1) is 16.8 Å². The second-order valence-corrected chi connectivity index (χ2v) is 7.78. The average Bonchev–Trinajstić information content (AvgIpc) is 3.19. The number of allylic oxidation sites excluding steroid dienone is 1. The number of carbonyl (C=O) groups is 1. The van der Waals surface area contributed by atoms with E-state index >= 15 is 0 Å². The number of Topliss-reactive ketones (excluding diaryl/α,β-unsaturated/α-hetero) is 1. The van der Waals surface area contributed by atoms with E-state index < -0.39 is 6.10 Å². The third kappa shape index (κ3) is 6.02. The average molecular weight is 442 g/mol. The van der Waals surface area contributed by atoms with Crippen molar-refractivity contribution in [2.24, 2.45) is 0 Å². The van der Waals surface area contributed by atoms with Crippen molar-refractivity contribution in [3.63, 3.8) is 0 Å². The van der Waals surface area contributed by atoms with Gasteiger partial charge in [0.05, 0.1) is 6.10 Å². The number of carbonyl (C=O) groups excluding carboxylic acids is 1. The lowest BCUT2D eigenvalue weighted by atomic mass is 10.1. The molecule has 0 unspecified atom stereocenters. The number of thioether (sulfide) groups is 1. The van der Waals surface area contributed by atoms with Crippen LogP contribution in [0.4, 0.5) is 4.39 Å². The summed E-state index contributed by atoms with van der Waals surface area (Å²) in [6.07, 6.45) is 1.45. The summed E-state index contributed by atoms with van der Waals surface area (Å²) < 4.78 is 20.7. The van der Waals surface area contributed by atoms with E-state index in [1.807, 2.05) is 11.5 Å². The SMILES string of the molecule is C=CCn1c(SC[C@H](O)COc2ccc(C(=O)CC)cc2)nnc1-c1ccc(F)cc1. The van der Waals surface area contributed by atoms with E-state index in [2.05, 4.69) is 16.8 Å². The molecule has 3 aromatic rings. The predicted octanol–water partition coefficient (Wildman–Crippen LogP) is 4.39. The lowest BCUT2D eigenvalue weighted by Crippen LogP contribution is -2.20. The topological polar surface area (TPSA) is 77.2 Å². The zero-order valence-electron chi connectivity index (χ0n) is 17.2. The number of hydrogen-bond donors (Lipinski definition) is 1. The van der Waals surface area contributed by atoms with Gasteiger partial charge in [0, 0.05) is 29.8 Å². The number of benzene rings is 2. The van der Waals surface area contributed by atoms with Crippen LogP contribution >= 0.6 is 11.8 Å². The van der Waals surface area contributed by atoms with Crippen molar-refractivity contribution in [2.75, 3.05) is 12.4 Å². The summed E-state index contributed by atoms with van der Waals surface area (Å²) >= 11 is 1.35. The molecule has 6 nitrogen and oxygen atoms in total. The third-order valence-electron chi connectivity index (χ3n) is 4.48. The number of aliphatic hydroxyl groups excluding tert-OH is 1. The first-order valence-electron chi connectivity index (χ1n) is 9.88. The van der Waals surface area contributed by atoms with Crippen LogP contribution in [0.1, 0.15) is 23.7 Å². The molecule has 0 aliphatic carbocycles. The number of rotatable bonds is 11. The monoisotopic (exact) mass is 441 g/mol. The Bertz CT molecular complexity index is 1020. The number of halogens is 1. The summed E-state index contributed by atoms with van der Waals surface area (Å²) in [5.74, 6) is 1.31. The van der Waals surface area contributed by atoms with Crippen molar-refractivity contribution in [2.45, 2.75) is 31.1 Å². The molecule has 0 saturated carbocycles. The zero-order chi connectivity index (χ0) is 22.2. The fourth-order valence-corrected chi connectivity index (χ4v) is 3.71. The quantitative estimate of drug-likeness (QED) is 0.270. The Kier molecular flexibility index (Phi) is 7.97. The Balaban J connectivity index is 1.58. The number of hydrogen-bond acceptors (Lipinski definition) is 6. The van der Waals surface area contributed by atoms with Crippen LogP contribution in [0.15, 0.2) is 66.3 Å². The molecule has 1 aromatic heterocycles. The van der Waals surface area contributed by atoms with E-state index in [1.54, 1.807) is 42.5 Å². The van der Waals surface area contributed by atoms with Crippen LogP contribution in [-0.4, -0.2) is 44.1 Å². The molecule has 1 atom stereocenters. The predicted molar refractivity (Wildman–Crippen MR) is 119 cm³/mol. The maximum atomic E-state index is 13.2.